The molecule has 2 amide bonds. The highest BCUT2D eigenvalue weighted by Gasteiger charge is 2.26. The first-order chi connectivity index (χ1) is 10.7. The number of carboxylic acid groups (broad SMARTS) is 2. The fourth-order valence-electron chi connectivity index (χ4n) is 1.91. The van der Waals surface area contributed by atoms with Crippen molar-refractivity contribution >= 4 is 23.8 Å². The van der Waals surface area contributed by atoms with E-state index in [4.69, 9.17) is 10.2 Å². The Labute approximate surface area is 132 Å². The predicted octanol–water partition coefficient (Wildman–Crippen LogP) is 0.436. The van der Waals surface area contributed by atoms with Crippen LogP contribution in [0.15, 0.2) is 24.3 Å². The molecule has 8 heteroatoms. The highest BCUT2D eigenvalue weighted by Crippen LogP contribution is 2.11. The minimum absolute atomic E-state index is 0.0107. The van der Waals surface area contributed by atoms with E-state index >= 15 is 0 Å². The molecule has 3 N–H and O–H groups in total. The summed E-state index contributed by atoms with van der Waals surface area (Å²) in [5.41, 5.74) is 0.00136. The fourth-order valence-corrected chi connectivity index (χ4v) is 1.91. The molecule has 1 unspecified atom stereocenters. The van der Waals surface area contributed by atoms with Gasteiger partial charge in [0.1, 0.15) is 6.04 Å². The number of aromatic carboxylic acids is 1. The van der Waals surface area contributed by atoms with Crippen molar-refractivity contribution < 1.29 is 29.4 Å². The van der Waals surface area contributed by atoms with Gasteiger partial charge in [0.05, 0.1) is 5.56 Å². The number of amides is 2. The average Bonchev–Trinajstić information content (AvgIpc) is 2.50. The van der Waals surface area contributed by atoms with Crippen molar-refractivity contribution in [2.75, 3.05) is 13.1 Å². The number of hydrogen-bond acceptors (Lipinski definition) is 4. The molecule has 23 heavy (non-hydrogen) atoms. The summed E-state index contributed by atoms with van der Waals surface area (Å²) >= 11 is 0. The van der Waals surface area contributed by atoms with Crippen LogP contribution in [0, 0.1) is 0 Å². The van der Waals surface area contributed by atoms with Gasteiger partial charge >= 0.3 is 11.9 Å². The molecule has 0 aliphatic heterocycles. The van der Waals surface area contributed by atoms with Gasteiger partial charge < -0.3 is 20.4 Å². The third kappa shape index (κ3) is 5.10. The Morgan fingerprint density at radius 2 is 1.78 bits per heavy atom. The van der Waals surface area contributed by atoms with Gasteiger partial charge in [-0.1, -0.05) is 6.07 Å². The van der Waals surface area contributed by atoms with E-state index in [2.05, 4.69) is 5.32 Å². The molecule has 8 nitrogen and oxygen atoms in total. The van der Waals surface area contributed by atoms with Gasteiger partial charge in [0.15, 0.2) is 0 Å². The second-order valence-corrected chi connectivity index (χ2v) is 4.88. The summed E-state index contributed by atoms with van der Waals surface area (Å²) in [6.07, 6.45) is 0. The smallest absolute Gasteiger partial charge is 0.335 e. The Balaban J connectivity index is 3.02. The molecule has 124 valence electrons. The summed E-state index contributed by atoms with van der Waals surface area (Å²) in [6, 6.07) is 4.22. The summed E-state index contributed by atoms with van der Waals surface area (Å²) in [6.45, 7) is 2.73. The van der Waals surface area contributed by atoms with Crippen molar-refractivity contribution in [1.29, 1.82) is 0 Å². The van der Waals surface area contributed by atoms with Crippen LogP contribution in [0.25, 0.3) is 0 Å². The number of nitrogens with one attached hydrogen (secondary N) is 1. The summed E-state index contributed by atoms with van der Waals surface area (Å²) in [4.78, 5) is 46.6. The second-order valence-electron chi connectivity index (χ2n) is 4.88. The number of carbonyl (C=O) groups is 4. The first kappa shape index (κ1) is 18.1. The van der Waals surface area contributed by atoms with Crippen molar-refractivity contribution in [3.63, 3.8) is 0 Å². The van der Waals surface area contributed by atoms with E-state index < -0.39 is 23.9 Å². The number of benzene rings is 1. The van der Waals surface area contributed by atoms with E-state index in [1.54, 1.807) is 0 Å². The Morgan fingerprint density at radius 1 is 1.17 bits per heavy atom. The van der Waals surface area contributed by atoms with Crippen molar-refractivity contribution in [1.82, 2.24) is 10.2 Å². The summed E-state index contributed by atoms with van der Waals surface area (Å²) in [7, 11) is 0. The van der Waals surface area contributed by atoms with Crippen LogP contribution in [0.5, 0.6) is 0 Å². The van der Waals surface area contributed by atoms with Crippen LogP contribution >= 0.6 is 0 Å². The molecular formula is C15H18N2O6. The minimum atomic E-state index is -1.20. The molecule has 0 aliphatic rings. The number of aliphatic carboxylic acids is 1. The van der Waals surface area contributed by atoms with Crippen molar-refractivity contribution in [2.45, 2.75) is 19.9 Å². The van der Waals surface area contributed by atoms with Crippen LogP contribution < -0.4 is 5.32 Å². The lowest BCUT2D eigenvalue weighted by molar-refractivity contribution is -0.141. The SMILES string of the molecule is CC(=O)NCCN(C(=O)c1cccc(C(=O)O)c1)C(C)C(=O)O. The topological polar surface area (TPSA) is 124 Å². The number of carboxylic acids is 2. The van der Waals surface area contributed by atoms with E-state index in [1.165, 1.54) is 38.1 Å². The van der Waals surface area contributed by atoms with Gasteiger partial charge in [0.2, 0.25) is 5.91 Å². The zero-order valence-corrected chi connectivity index (χ0v) is 12.8. The van der Waals surface area contributed by atoms with Crippen LogP contribution in [0.2, 0.25) is 0 Å². The quantitative estimate of drug-likeness (QED) is 0.669. The van der Waals surface area contributed by atoms with E-state index in [0.29, 0.717) is 0 Å². The molecule has 0 radical (unpaired) electrons. The second kappa shape index (κ2) is 7.92. The van der Waals surface area contributed by atoms with Crippen LogP contribution in [0.4, 0.5) is 0 Å². The first-order valence-corrected chi connectivity index (χ1v) is 6.85. The van der Waals surface area contributed by atoms with E-state index in [9.17, 15) is 19.2 Å². The standard InChI is InChI=1S/C15H18N2O6/c1-9(14(20)21)17(7-6-16-10(2)18)13(19)11-4-3-5-12(8-11)15(22)23/h3-5,8-9H,6-7H2,1-2H3,(H,16,18)(H,20,21)(H,22,23). The molecule has 1 rings (SSSR count). The summed E-state index contributed by atoms with van der Waals surface area (Å²) in [5.74, 6) is -3.30. The molecule has 0 aliphatic carbocycles. The monoisotopic (exact) mass is 322 g/mol. The maximum atomic E-state index is 12.5. The number of rotatable bonds is 7. The molecule has 0 saturated heterocycles. The molecule has 1 atom stereocenters. The van der Waals surface area contributed by atoms with Gasteiger partial charge in [-0.3, -0.25) is 9.59 Å². The third-order valence-corrected chi connectivity index (χ3v) is 3.17. The van der Waals surface area contributed by atoms with Crippen molar-refractivity contribution in [3.05, 3.63) is 35.4 Å². The van der Waals surface area contributed by atoms with Crippen molar-refractivity contribution in [3.8, 4) is 0 Å². The Hall–Kier alpha value is -2.90. The zero-order chi connectivity index (χ0) is 17.6. The van der Waals surface area contributed by atoms with Gasteiger partial charge in [-0.2, -0.15) is 0 Å². The highest BCUT2D eigenvalue weighted by atomic mass is 16.4. The normalized spacial score (nSPS) is 11.4. The fraction of sp³-hybridized carbons (Fsp3) is 0.333. The molecule has 0 heterocycles. The summed E-state index contributed by atoms with van der Waals surface area (Å²) < 4.78 is 0. The molecule has 0 saturated carbocycles. The van der Waals surface area contributed by atoms with Crippen LogP contribution in [0.1, 0.15) is 34.6 Å². The number of carbonyl (C=O) groups excluding carboxylic acids is 2. The Morgan fingerprint density at radius 3 is 2.30 bits per heavy atom. The molecule has 0 aromatic heterocycles. The summed E-state index contributed by atoms with van der Waals surface area (Å²) in [5, 5.41) is 20.6. The molecule has 0 spiro atoms. The van der Waals surface area contributed by atoms with Gasteiger partial charge in [0, 0.05) is 25.6 Å². The molecule has 0 fully saturated rings. The number of nitrogens with zero attached hydrogens (tertiary/aromatic N) is 1. The van der Waals surface area contributed by atoms with Crippen LogP contribution in [-0.2, 0) is 9.59 Å². The maximum absolute atomic E-state index is 12.5. The molecule has 0 bridgehead atoms. The van der Waals surface area contributed by atoms with Gasteiger partial charge in [-0.15, -0.1) is 0 Å². The average molecular weight is 322 g/mol. The van der Waals surface area contributed by atoms with Gasteiger partial charge in [-0.25, -0.2) is 9.59 Å². The lowest BCUT2D eigenvalue weighted by Crippen LogP contribution is -2.46. The minimum Gasteiger partial charge on any atom is -0.480 e. The van der Waals surface area contributed by atoms with Crippen molar-refractivity contribution in [2.24, 2.45) is 0 Å². The van der Waals surface area contributed by atoms with E-state index in [0.717, 1.165) is 4.90 Å². The van der Waals surface area contributed by atoms with Crippen LogP contribution in [-0.4, -0.2) is 58.0 Å². The largest absolute Gasteiger partial charge is 0.480 e. The molecular weight excluding hydrogens is 304 g/mol. The Bertz CT molecular complexity index is 628. The van der Waals surface area contributed by atoms with Crippen LogP contribution in [0.3, 0.4) is 0 Å². The maximum Gasteiger partial charge on any atom is 0.335 e. The van der Waals surface area contributed by atoms with E-state index in [1.807, 2.05) is 0 Å². The molecule has 1 aromatic rings. The first-order valence-electron chi connectivity index (χ1n) is 6.85. The molecule has 1 aromatic carbocycles. The zero-order valence-electron chi connectivity index (χ0n) is 12.8. The third-order valence-electron chi connectivity index (χ3n) is 3.17. The van der Waals surface area contributed by atoms with E-state index in [-0.39, 0.29) is 30.1 Å². The number of hydrogen-bond donors (Lipinski definition) is 3. The lowest BCUT2D eigenvalue weighted by Gasteiger charge is -2.26. The van der Waals surface area contributed by atoms with Gasteiger partial charge in [0.25, 0.3) is 5.91 Å². The van der Waals surface area contributed by atoms with Gasteiger partial charge in [-0.05, 0) is 25.1 Å². The highest BCUT2D eigenvalue weighted by molar-refractivity contribution is 5.99. The predicted molar refractivity (Wildman–Crippen MR) is 80.2 cm³/mol. The lowest BCUT2D eigenvalue weighted by atomic mass is 10.1. The Kier molecular flexibility index (Phi) is 6.25.